The fraction of sp³-hybridized carbons (Fsp3) is 0.375. The van der Waals surface area contributed by atoms with Crippen LogP contribution >= 0.6 is 0 Å². The van der Waals surface area contributed by atoms with Crippen molar-refractivity contribution in [3.05, 3.63) is 47.8 Å². The van der Waals surface area contributed by atoms with Crippen molar-refractivity contribution < 1.29 is 5.11 Å². The van der Waals surface area contributed by atoms with Crippen LogP contribution in [0.1, 0.15) is 18.1 Å². The zero-order valence-corrected chi connectivity index (χ0v) is 12.2. The van der Waals surface area contributed by atoms with Crippen molar-refractivity contribution in [2.75, 3.05) is 23.4 Å². The summed E-state index contributed by atoms with van der Waals surface area (Å²) in [5, 5.41) is 12.0. The van der Waals surface area contributed by atoms with Gasteiger partial charge in [-0.2, -0.15) is 0 Å². The molecule has 2 heterocycles. The topological polar surface area (TPSA) is 61.3 Å². The van der Waals surface area contributed by atoms with Gasteiger partial charge < -0.3 is 15.3 Å². The molecule has 0 aliphatic carbocycles. The number of aliphatic hydroxyl groups is 1. The predicted octanol–water partition coefficient (Wildman–Crippen LogP) is 1.83. The van der Waals surface area contributed by atoms with Gasteiger partial charge in [0.1, 0.15) is 18.0 Å². The van der Waals surface area contributed by atoms with Crippen molar-refractivity contribution in [3.63, 3.8) is 0 Å². The van der Waals surface area contributed by atoms with Crippen LogP contribution in [-0.2, 0) is 13.0 Å². The molecule has 3 rings (SSSR count). The van der Waals surface area contributed by atoms with Crippen LogP contribution < -0.4 is 10.2 Å². The Balaban J connectivity index is 1.84. The lowest BCUT2D eigenvalue weighted by molar-refractivity contribution is 0.311. The highest BCUT2D eigenvalue weighted by molar-refractivity contribution is 5.51. The number of benzene rings is 1. The summed E-state index contributed by atoms with van der Waals surface area (Å²) >= 11 is 0. The summed E-state index contributed by atoms with van der Waals surface area (Å²) in [5.41, 5.74) is 2.79. The molecule has 1 atom stereocenters. The average Bonchev–Trinajstić information content (AvgIpc) is 2.52. The van der Waals surface area contributed by atoms with Gasteiger partial charge in [-0.15, -0.1) is 0 Å². The summed E-state index contributed by atoms with van der Waals surface area (Å²) in [4.78, 5) is 10.9. The van der Waals surface area contributed by atoms with Gasteiger partial charge in [0.25, 0.3) is 0 Å². The SMILES string of the molecule is C[C@H]1Cc2ccccc2CN1c1cc(NCCO)ncn1. The number of fused-ring (bicyclic) bond motifs is 1. The Hall–Kier alpha value is -2.14. The summed E-state index contributed by atoms with van der Waals surface area (Å²) in [5.74, 6) is 1.67. The molecule has 1 aliphatic heterocycles. The van der Waals surface area contributed by atoms with E-state index in [0.717, 1.165) is 24.6 Å². The maximum Gasteiger partial charge on any atom is 0.134 e. The van der Waals surface area contributed by atoms with Crippen molar-refractivity contribution in [1.29, 1.82) is 0 Å². The van der Waals surface area contributed by atoms with Gasteiger partial charge in [0.05, 0.1) is 6.61 Å². The largest absolute Gasteiger partial charge is 0.395 e. The van der Waals surface area contributed by atoms with E-state index in [0.29, 0.717) is 12.6 Å². The molecule has 0 spiro atoms. The molecule has 0 fully saturated rings. The zero-order valence-electron chi connectivity index (χ0n) is 12.2. The Kier molecular flexibility index (Phi) is 4.01. The van der Waals surface area contributed by atoms with E-state index in [1.54, 1.807) is 6.33 Å². The number of nitrogens with zero attached hydrogens (tertiary/aromatic N) is 3. The Morgan fingerprint density at radius 1 is 1.29 bits per heavy atom. The fourth-order valence-corrected chi connectivity index (χ4v) is 2.77. The maximum absolute atomic E-state index is 8.88. The second-order valence-electron chi connectivity index (χ2n) is 5.36. The molecule has 1 aliphatic rings. The molecule has 0 saturated heterocycles. The zero-order chi connectivity index (χ0) is 14.7. The third kappa shape index (κ3) is 2.97. The molecule has 21 heavy (non-hydrogen) atoms. The predicted molar refractivity (Wildman–Crippen MR) is 83.4 cm³/mol. The number of aromatic nitrogens is 2. The fourth-order valence-electron chi connectivity index (χ4n) is 2.77. The van der Waals surface area contributed by atoms with Gasteiger partial charge in [0, 0.05) is 25.2 Å². The minimum Gasteiger partial charge on any atom is -0.395 e. The van der Waals surface area contributed by atoms with Crippen LogP contribution in [0.4, 0.5) is 11.6 Å². The van der Waals surface area contributed by atoms with Gasteiger partial charge in [-0.25, -0.2) is 9.97 Å². The van der Waals surface area contributed by atoms with Crippen LogP contribution in [0.3, 0.4) is 0 Å². The second kappa shape index (κ2) is 6.10. The summed E-state index contributed by atoms with van der Waals surface area (Å²) in [6.07, 6.45) is 2.60. The highest BCUT2D eigenvalue weighted by Gasteiger charge is 2.23. The van der Waals surface area contributed by atoms with Crippen LogP contribution in [-0.4, -0.2) is 34.3 Å². The first-order valence-electron chi connectivity index (χ1n) is 7.28. The van der Waals surface area contributed by atoms with E-state index < -0.39 is 0 Å². The molecule has 0 unspecified atom stereocenters. The van der Waals surface area contributed by atoms with Gasteiger partial charge in [0.2, 0.25) is 0 Å². The number of aliphatic hydroxyl groups excluding tert-OH is 1. The van der Waals surface area contributed by atoms with Crippen LogP contribution in [0.5, 0.6) is 0 Å². The Morgan fingerprint density at radius 2 is 2.10 bits per heavy atom. The van der Waals surface area contributed by atoms with Gasteiger partial charge in [-0.1, -0.05) is 24.3 Å². The summed E-state index contributed by atoms with van der Waals surface area (Å²) < 4.78 is 0. The lowest BCUT2D eigenvalue weighted by Gasteiger charge is -2.35. The van der Waals surface area contributed by atoms with E-state index in [-0.39, 0.29) is 6.61 Å². The molecule has 0 radical (unpaired) electrons. The minimum absolute atomic E-state index is 0.0901. The third-order valence-electron chi connectivity index (χ3n) is 3.87. The third-order valence-corrected chi connectivity index (χ3v) is 3.87. The number of nitrogens with one attached hydrogen (secondary N) is 1. The molecule has 2 N–H and O–H groups in total. The smallest absolute Gasteiger partial charge is 0.134 e. The normalized spacial score (nSPS) is 17.4. The number of rotatable bonds is 4. The number of hydrogen-bond donors (Lipinski definition) is 2. The highest BCUT2D eigenvalue weighted by Crippen LogP contribution is 2.27. The molecule has 0 saturated carbocycles. The van der Waals surface area contributed by atoms with Gasteiger partial charge >= 0.3 is 0 Å². The number of hydrogen-bond acceptors (Lipinski definition) is 5. The van der Waals surface area contributed by atoms with E-state index in [1.165, 1.54) is 11.1 Å². The quantitative estimate of drug-likeness (QED) is 0.897. The first kappa shape index (κ1) is 13.8. The Bertz CT molecular complexity index is 617. The monoisotopic (exact) mass is 284 g/mol. The molecule has 5 nitrogen and oxygen atoms in total. The van der Waals surface area contributed by atoms with Crippen LogP contribution in [0.25, 0.3) is 0 Å². The van der Waals surface area contributed by atoms with Gasteiger partial charge in [0.15, 0.2) is 0 Å². The molecule has 1 aromatic heterocycles. The summed E-state index contributed by atoms with van der Waals surface area (Å²) in [6.45, 7) is 3.67. The van der Waals surface area contributed by atoms with Crippen molar-refractivity contribution in [2.45, 2.75) is 25.9 Å². The lowest BCUT2D eigenvalue weighted by atomic mass is 9.95. The molecule has 110 valence electrons. The van der Waals surface area contributed by atoms with Crippen molar-refractivity contribution >= 4 is 11.6 Å². The van der Waals surface area contributed by atoms with E-state index in [2.05, 4.69) is 51.4 Å². The van der Waals surface area contributed by atoms with E-state index in [9.17, 15) is 0 Å². The van der Waals surface area contributed by atoms with Crippen LogP contribution in [0, 0.1) is 0 Å². The molecular weight excluding hydrogens is 264 g/mol. The van der Waals surface area contributed by atoms with Crippen LogP contribution in [0.15, 0.2) is 36.7 Å². The molecule has 2 aromatic rings. The van der Waals surface area contributed by atoms with E-state index in [1.807, 2.05) is 6.07 Å². The molecular formula is C16H20N4O. The molecule has 0 amide bonds. The van der Waals surface area contributed by atoms with Gasteiger partial charge in [-0.3, -0.25) is 0 Å². The molecule has 0 bridgehead atoms. The highest BCUT2D eigenvalue weighted by atomic mass is 16.3. The van der Waals surface area contributed by atoms with E-state index >= 15 is 0 Å². The summed E-state index contributed by atoms with van der Waals surface area (Å²) in [7, 11) is 0. The van der Waals surface area contributed by atoms with Gasteiger partial charge in [-0.05, 0) is 24.5 Å². The maximum atomic E-state index is 8.88. The first-order chi connectivity index (χ1) is 10.3. The second-order valence-corrected chi connectivity index (χ2v) is 5.36. The van der Waals surface area contributed by atoms with E-state index in [4.69, 9.17) is 5.11 Å². The number of anilines is 2. The molecule has 5 heteroatoms. The lowest BCUT2D eigenvalue weighted by Crippen LogP contribution is -2.39. The molecule has 1 aromatic carbocycles. The average molecular weight is 284 g/mol. The Labute approximate surface area is 124 Å². The van der Waals surface area contributed by atoms with Crippen molar-refractivity contribution in [3.8, 4) is 0 Å². The summed E-state index contributed by atoms with van der Waals surface area (Å²) in [6, 6.07) is 10.9. The standard InChI is InChI=1S/C16H20N4O/c1-12-8-13-4-2-3-5-14(13)10-20(12)16-9-15(17-6-7-21)18-11-19-16/h2-5,9,11-12,21H,6-8,10H2,1H3,(H,17,18,19)/t12-/m0/s1. The van der Waals surface area contributed by atoms with Crippen molar-refractivity contribution in [2.24, 2.45) is 0 Å². The minimum atomic E-state index is 0.0901. The Morgan fingerprint density at radius 3 is 2.90 bits per heavy atom. The van der Waals surface area contributed by atoms with Crippen LogP contribution in [0.2, 0.25) is 0 Å². The first-order valence-corrected chi connectivity index (χ1v) is 7.28. The van der Waals surface area contributed by atoms with Crippen molar-refractivity contribution in [1.82, 2.24) is 9.97 Å².